The standard InChI is InChI=1S/C19H33N3OS/c1-18(2,3)12-16(23)22-9-7-8-21(10-11-22)13-15-14-24-17(20-15)19(4,5)6/h14H,7-13H2,1-6H3. The topological polar surface area (TPSA) is 36.4 Å². The molecule has 5 heteroatoms. The van der Waals surface area contributed by atoms with Gasteiger partial charge in [-0.15, -0.1) is 11.3 Å². The van der Waals surface area contributed by atoms with Crippen LogP contribution >= 0.6 is 11.3 Å². The largest absolute Gasteiger partial charge is 0.341 e. The molecule has 1 aliphatic heterocycles. The number of amides is 1. The number of nitrogens with zero attached hydrogens (tertiary/aromatic N) is 3. The Morgan fingerprint density at radius 2 is 1.83 bits per heavy atom. The van der Waals surface area contributed by atoms with Gasteiger partial charge in [0, 0.05) is 49.9 Å². The summed E-state index contributed by atoms with van der Waals surface area (Å²) in [7, 11) is 0. The summed E-state index contributed by atoms with van der Waals surface area (Å²) in [4.78, 5) is 21.7. The number of hydrogen-bond acceptors (Lipinski definition) is 4. The van der Waals surface area contributed by atoms with Crippen molar-refractivity contribution in [1.29, 1.82) is 0 Å². The Kier molecular flexibility index (Phi) is 6.08. The number of hydrogen-bond donors (Lipinski definition) is 0. The van der Waals surface area contributed by atoms with Crippen LogP contribution in [0.15, 0.2) is 5.38 Å². The average Bonchev–Trinajstić information content (AvgIpc) is 2.76. The highest BCUT2D eigenvalue weighted by atomic mass is 32.1. The monoisotopic (exact) mass is 351 g/mol. The van der Waals surface area contributed by atoms with Crippen LogP contribution in [-0.4, -0.2) is 46.9 Å². The molecule has 1 saturated heterocycles. The molecule has 0 atom stereocenters. The lowest BCUT2D eigenvalue weighted by molar-refractivity contribution is -0.132. The minimum absolute atomic E-state index is 0.0625. The van der Waals surface area contributed by atoms with Gasteiger partial charge in [0.25, 0.3) is 0 Å². The summed E-state index contributed by atoms with van der Waals surface area (Å²) in [6.45, 7) is 17.6. The molecule has 2 heterocycles. The number of rotatable bonds is 3. The molecule has 0 aromatic carbocycles. The Morgan fingerprint density at radius 3 is 2.42 bits per heavy atom. The third-order valence-electron chi connectivity index (χ3n) is 4.20. The average molecular weight is 352 g/mol. The van der Waals surface area contributed by atoms with Gasteiger partial charge in [-0.25, -0.2) is 4.98 Å². The van der Waals surface area contributed by atoms with E-state index in [1.165, 1.54) is 10.7 Å². The molecule has 1 aliphatic rings. The first-order chi connectivity index (χ1) is 11.0. The quantitative estimate of drug-likeness (QED) is 0.828. The van der Waals surface area contributed by atoms with Crippen molar-refractivity contribution in [2.24, 2.45) is 5.41 Å². The summed E-state index contributed by atoms with van der Waals surface area (Å²) in [6.07, 6.45) is 1.68. The van der Waals surface area contributed by atoms with Crippen LogP contribution in [0.3, 0.4) is 0 Å². The van der Waals surface area contributed by atoms with E-state index in [1.807, 2.05) is 4.90 Å². The molecule has 2 rings (SSSR count). The predicted molar refractivity (Wildman–Crippen MR) is 101 cm³/mol. The van der Waals surface area contributed by atoms with Gasteiger partial charge in [0.2, 0.25) is 5.91 Å². The Morgan fingerprint density at radius 1 is 1.12 bits per heavy atom. The van der Waals surface area contributed by atoms with Crippen LogP contribution in [0.4, 0.5) is 0 Å². The van der Waals surface area contributed by atoms with E-state index in [-0.39, 0.29) is 10.8 Å². The second-order valence-corrected chi connectivity index (χ2v) is 10.0. The molecule has 1 aromatic heterocycles. The molecule has 0 unspecified atom stereocenters. The van der Waals surface area contributed by atoms with Crippen LogP contribution in [0.2, 0.25) is 0 Å². The lowest BCUT2D eigenvalue weighted by Crippen LogP contribution is -2.36. The zero-order valence-electron chi connectivity index (χ0n) is 16.2. The highest BCUT2D eigenvalue weighted by Gasteiger charge is 2.24. The van der Waals surface area contributed by atoms with E-state index in [0.29, 0.717) is 12.3 Å². The predicted octanol–water partition coefficient (Wildman–Crippen LogP) is 3.91. The Hall–Kier alpha value is -0.940. The lowest BCUT2D eigenvalue weighted by Gasteiger charge is -2.25. The molecule has 1 aromatic rings. The van der Waals surface area contributed by atoms with E-state index in [1.54, 1.807) is 11.3 Å². The summed E-state index contributed by atoms with van der Waals surface area (Å²) in [5.74, 6) is 0.299. The first-order valence-corrected chi connectivity index (χ1v) is 9.87. The Bertz CT molecular complexity index is 554. The van der Waals surface area contributed by atoms with E-state index in [9.17, 15) is 4.79 Å². The maximum absolute atomic E-state index is 12.4. The molecular weight excluding hydrogens is 318 g/mol. The summed E-state index contributed by atoms with van der Waals surface area (Å²) < 4.78 is 0. The van der Waals surface area contributed by atoms with Crippen molar-refractivity contribution in [3.63, 3.8) is 0 Å². The van der Waals surface area contributed by atoms with Crippen molar-refractivity contribution in [2.75, 3.05) is 26.2 Å². The lowest BCUT2D eigenvalue weighted by atomic mass is 9.91. The van der Waals surface area contributed by atoms with Crippen molar-refractivity contribution in [3.05, 3.63) is 16.1 Å². The van der Waals surface area contributed by atoms with Crippen molar-refractivity contribution in [1.82, 2.24) is 14.8 Å². The molecule has 0 spiro atoms. The normalized spacial score (nSPS) is 17.8. The third kappa shape index (κ3) is 5.85. The van der Waals surface area contributed by atoms with E-state index in [2.05, 4.69) is 51.8 Å². The highest BCUT2D eigenvalue weighted by molar-refractivity contribution is 7.09. The molecule has 24 heavy (non-hydrogen) atoms. The second kappa shape index (κ2) is 7.52. The van der Waals surface area contributed by atoms with Gasteiger partial charge in [-0.3, -0.25) is 9.69 Å². The van der Waals surface area contributed by atoms with E-state index < -0.39 is 0 Å². The minimum atomic E-state index is 0.0625. The fourth-order valence-electron chi connectivity index (χ4n) is 2.90. The molecule has 1 fully saturated rings. The van der Waals surface area contributed by atoms with E-state index in [0.717, 1.165) is 39.1 Å². The van der Waals surface area contributed by atoms with Crippen LogP contribution in [-0.2, 0) is 16.8 Å². The van der Waals surface area contributed by atoms with Crippen LogP contribution in [0.1, 0.15) is 65.1 Å². The van der Waals surface area contributed by atoms with Gasteiger partial charge < -0.3 is 4.90 Å². The maximum atomic E-state index is 12.4. The summed E-state index contributed by atoms with van der Waals surface area (Å²) in [5, 5.41) is 3.39. The number of aromatic nitrogens is 1. The molecule has 0 bridgehead atoms. The molecule has 136 valence electrons. The fourth-order valence-corrected chi connectivity index (χ4v) is 3.80. The molecular formula is C19H33N3OS. The molecule has 0 saturated carbocycles. The van der Waals surface area contributed by atoms with Gasteiger partial charge in [-0.05, 0) is 11.8 Å². The molecule has 0 aliphatic carbocycles. The number of carbonyl (C=O) groups is 1. The van der Waals surface area contributed by atoms with Gasteiger partial charge >= 0.3 is 0 Å². The number of carbonyl (C=O) groups excluding carboxylic acids is 1. The van der Waals surface area contributed by atoms with Crippen molar-refractivity contribution >= 4 is 17.2 Å². The fraction of sp³-hybridized carbons (Fsp3) is 0.789. The van der Waals surface area contributed by atoms with Crippen LogP contribution in [0.25, 0.3) is 0 Å². The van der Waals surface area contributed by atoms with Gasteiger partial charge in [-0.1, -0.05) is 41.5 Å². The molecule has 4 nitrogen and oxygen atoms in total. The summed E-state index contributed by atoms with van der Waals surface area (Å²) in [5.41, 5.74) is 1.35. The SMILES string of the molecule is CC(C)(C)CC(=O)N1CCCN(Cc2csc(C(C)(C)C)n2)CC1. The summed E-state index contributed by atoms with van der Waals surface area (Å²) >= 11 is 1.76. The van der Waals surface area contributed by atoms with Crippen LogP contribution in [0, 0.1) is 5.41 Å². The first kappa shape index (κ1) is 19.4. The van der Waals surface area contributed by atoms with Crippen LogP contribution < -0.4 is 0 Å². The van der Waals surface area contributed by atoms with Crippen molar-refractivity contribution in [2.45, 2.75) is 66.3 Å². The third-order valence-corrected chi connectivity index (χ3v) is 5.52. The van der Waals surface area contributed by atoms with Gasteiger partial charge in [0.1, 0.15) is 0 Å². The molecule has 1 amide bonds. The summed E-state index contributed by atoms with van der Waals surface area (Å²) in [6, 6.07) is 0. The first-order valence-electron chi connectivity index (χ1n) is 9.00. The zero-order chi connectivity index (χ0) is 18.0. The van der Waals surface area contributed by atoms with E-state index >= 15 is 0 Å². The smallest absolute Gasteiger partial charge is 0.223 e. The highest BCUT2D eigenvalue weighted by Crippen LogP contribution is 2.26. The van der Waals surface area contributed by atoms with Crippen LogP contribution in [0.5, 0.6) is 0 Å². The molecule has 0 radical (unpaired) electrons. The van der Waals surface area contributed by atoms with Gasteiger partial charge in [-0.2, -0.15) is 0 Å². The maximum Gasteiger partial charge on any atom is 0.223 e. The van der Waals surface area contributed by atoms with Gasteiger partial charge in [0.05, 0.1) is 10.7 Å². The Labute approximate surface area is 151 Å². The second-order valence-electron chi connectivity index (χ2n) is 9.14. The van der Waals surface area contributed by atoms with Gasteiger partial charge in [0.15, 0.2) is 0 Å². The van der Waals surface area contributed by atoms with Crippen molar-refractivity contribution < 1.29 is 4.79 Å². The zero-order valence-corrected chi connectivity index (χ0v) is 17.0. The Balaban J connectivity index is 1.89. The minimum Gasteiger partial charge on any atom is -0.341 e. The van der Waals surface area contributed by atoms with Crippen molar-refractivity contribution in [3.8, 4) is 0 Å². The number of thiazole rings is 1. The molecule has 0 N–H and O–H groups in total. The van der Waals surface area contributed by atoms with E-state index in [4.69, 9.17) is 4.98 Å².